The van der Waals surface area contributed by atoms with Crippen molar-refractivity contribution in [3.63, 3.8) is 0 Å². The highest BCUT2D eigenvalue weighted by Crippen LogP contribution is 2.27. The molecule has 0 radical (unpaired) electrons. The molecule has 2 aromatic rings. The van der Waals surface area contributed by atoms with Crippen LogP contribution in [-0.2, 0) is 9.53 Å². The molecule has 0 N–H and O–H groups in total. The second kappa shape index (κ2) is 6.15. The number of ether oxygens (including phenoxy) is 2. The fraction of sp³-hybridized carbons (Fsp3) is 0.0588. The number of hydrogen-bond donors (Lipinski definition) is 0. The number of nitrogens with zero attached hydrogens (tertiary/aromatic N) is 1. The maximum atomic E-state index is 11.9. The second-order valence-electron chi connectivity index (χ2n) is 4.60. The summed E-state index contributed by atoms with van der Waals surface area (Å²) in [6, 6.07) is 14.9. The van der Waals surface area contributed by atoms with Crippen LogP contribution < -0.4 is 4.74 Å². The Morgan fingerprint density at radius 2 is 1.95 bits per heavy atom. The molecular weight excluding hydrogens is 346 g/mol. The number of halogens is 1. The molecule has 0 saturated carbocycles. The Morgan fingerprint density at radius 3 is 2.64 bits per heavy atom. The lowest BCUT2D eigenvalue weighted by Gasteiger charge is -2.05. The van der Waals surface area contributed by atoms with E-state index in [1.807, 2.05) is 30.3 Å². The van der Waals surface area contributed by atoms with Gasteiger partial charge in [0.2, 0.25) is 5.90 Å². The molecule has 3 rings (SSSR count). The Hall–Kier alpha value is -2.40. The lowest BCUT2D eigenvalue weighted by Crippen LogP contribution is -2.05. The van der Waals surface area contributed by atoms with Crippen molar-refractivity contribution >= 4 is 33.9 Å². The summed E-state index contributed by atoms with van der Waals surface area (Å²) >= 11 is 3.40. The summed E-state index contributed by atoms with van der Waals surface area (Å²) in [5.74, 6) is 0.537. The van der Waals surface area contributed by atoms with Gasteiger partial charge in [0.1, 0.15) is 5.75 Å². The summed E-state index contributed by atoms with van der Waals surface area (Å²) in [5, 5.41) is 0. The average molecular weight is 358 g/mol. The van der Waals surface area contributed by atoms with E-state index in [0.717, 1.165) is 10.0 Å². The Labute approximate surface area is 136 Å². The van der Waals surface area contributed by atoms with E-state index in [2.05, 4.69) is 20.9 Å². The Bertz CT molecular complexity index is 782. The van der Waals surface area contributed by atoms with Gasteiger partial charge in [0.25, 0.3) is 0 Å². The molecule has 0 bridgehead atoms. The smallest absolute Gasteiger partial charge is 0.363 e. The van der Waals surface area contributed by atoms with Crippen LogP contribution in [-0.4, -0.2) is 19.0 Å². The molecule has 22 heavy (non-hydrogen) atoms. The van der Waals surface area contributed by atoms with Crippen molar-refractivity contribution < 1.29 is 14.3 Å². The molecule has 0 aliphatic carbocycles. The molecule has 0 fully saturated rings. The summed E-state index contributed by atoms with van der Waals surface area (Å²) in [6.07, 6.45) is 1.70. The molecule has 0 atom stereocenters. The van der Waals surface area contributed by atoms with E-state index >= 15 is 0 Å². The maximum absolute atomic E-state index is 11.9. The van der Waals surface area contributed by atoms with E-state index in [9.17, 15) is 4.79 Å². The fourth-order valence-electron chi connectivity index (χ4n) is 2.04. The molecule has 0 unspecified atom stereocenters. The predicted octanol–water partition coefficient (Wildman–Crippen LogP) is 3.80. The summed E-state index contributed by atoms with van der Waals surface area (Å²) in [6.45, 7) is 0. The molecule has 1 aliphatic heterocycles. The fourth-order valence-corrected chi connectivity index (χ4v) is 2.58. The van der Waals surface area contributed by atoms with Crippen LogP contribution in [0.2, 0.25) is 0 Å². The third kappa shape index (κ3) is 2.94. The van der Waals surface area contributed by atoms with E-state index in [-0.39, 0.29) is 11.6 Å². The number of carbonyl (C=O) groups is 1. The lowest BCUT2D eigenvalue weighted by atomic mass is 10.2. The highest BCUT2D eigenvalue weighted by molar-refractivity contribution is 9.10. The summed E-state index contributed by atoms with van der Waals surface area (Å²) in [4.78, 5) is 16.2. The first-order chi connectivity index (χ1) is 10.7. The van der Waals surface area contributed by atoms with Crippen LogP contribution in [0.3, 0.4) is 0 Å². The van der Waals surface area contributed by atoms with Crippen LogP contribution in [0.5, 0.6) is 5.75 Å². The van der Waals surface area contributed by atoms with E-state index in [1.165, 1.54) is 0 Å². The number of rotatable bonds is 3. The molecule has 1 aliphatic rings. The average Bonchev–Trinajstić information content (AvgIpc) is 2.89. The van der Waals surface area contributed by atoms with Gasteiger partial charge in [-0.25, -0.2) is 9.79 Å². The van der Waals surface area contributed by atoms with Crippen LogP contribution in [0.1, 0.15) is 11.1 Å². The first kappa shape index (κ1) is 14.5. The van der Waals surface area contributed by atoms with E-state index in [0.29, 0.717) is 11.3 Å². The van der Waals surface area contributed by atoms with Crippen LogP contribution in [0.4, 0.5) is 0 Å². The van der Waals surface area contributed by atoms with Crippen molar-refractivity contribution in [2.24, 2.45) is 4.99 Å². The zero-order valence-electron chi connectivity index (χ0n) is 11.7. The minimum absolute atomic E-state index is 0.285. The van der Waals surface area contributed by atoms with Gasteiger partial charge >= 0.3 is 5.97 Å². The van der Waals surface area contributed by atoms with Crippen LogP contribution >= 0.6 is 15.9 Å². The number of methoxy groups -OCH3 is 1. The van der Waals surface area contributed by atoms with Crippen LogP contribution in [0, 0.1) is 0 Å². The minimum atomic E-state index is -0.453. The number of aliphatic imine (C=N–C) groups is 1. The molecule has 0 saturated heterocycles. The van der Waals surface area contributed by atoms with Crippen molar-refractivity contribution in [1.82, 2.24) is 0 Å². The van der Waals surface area contributed by atoms with Gasteiger partial charge in [0, 0.05) is 5.56 Å². The summed E-state index contributed by atoms with van der Waals surface area (Å²) in [5.41, 5.74) is 1.89. The SMILES string of the molecule is COc1ccc(C2=N/C(=C\c3ccccc3)C(=O)O2)cc1Br. The third-order valence-electron chi connectivity index (χ3n) is 3.12. The first-order valence-electron chi connectivity index (χ1n) is 6.59. The summed E-state index contributed by atoms with van der Waals surface area (Å²) in [7, 11) is 1.59. The highest BCUT2D eigenvalue weighted by Gasteiger charge is 2.24. The highest BCUT2D eigenvalue weighted by atomic mass is 79.9. The van der Waals surface area contributed by atoms with Crippen molar-refractivity contribution in [2.45, 2.75) is 0 Å². The number of benzene rings is 2. The Kier molecular flexibility index (Phi) is 4.06. The number of esters is 1. The first-order valence-corrected chi connectivity index (χ1v) is 7.38. The number of hydrogen-bond acceptors (Lipinski definition) is 4. The zero-order valence-corrected chi connectivity index (χ0v) is 13.3. The van der Waals surface area contributed by atoms with Gasteiger partial charge < -0.3 is 9.47 Å². The Balaban J connectivity index is 1.93. The quantitative estimate of drug-likeness (QED) is 0.619. The van der Waals surface area contributed by atoms with E-state index < -0.39 is 5.97 Å². The van der Waals surface area contributed by atoms with Gasteiger partial charge in [-0.05, 0) is 45.8 Å². The largest absolute Gasteiger partial charge is 0.496 e. The molecule has 4 nitrogen and oxygen atoms in total. The van der Waals surface area contributed by atoms with Gasteiger partial charge in [0.05, 0.1) is 11.6 Å². The Morgan fingerprint density at radius 1 is 1.18 bits per heavy atom. The van der Waals surface area contributed by atoms with Crippen molar-refractivity contribution in [3.05, 3.63) is 69.8 Å². The second-order valence-corrected chi connectivity index (χ2v) is 5.45. The number of cyclic esters (lactones) is 1. The summed E-state index contributed by atoms with van der Waals surface area (Å²) < 4.78 is 11.2. The number of carbonyl (C=O) groups excluding carboxylic acids is 1. The van der Waals surface area contributed by atoms with Crippen molar-refractivity contribution in [3.8, 4) is 5.75 Å². The van der Waals surface area contributed by atoms with E-state index in [4.69, 9.17) is 9.47 Å². The molecule has 5 heteroatoms. The van der Waals surface area contributed by atoms with Gasteiger partial charge in [-0.3, -0.25) is 0 Å². The molecule has 1 heterocycles. The zero-order chi connectivity index (χ0) is 15.5. The van der Waals surface area contributed by atoms with Crippen LogP contribution in [0.25, 0.3) is 6.08 Å². The maximum Gasteiger partial charge on any atom is 0.363 e. The minimum Gasteiger partial charge on any atom is -0.496 e. The van der Waals surface area contributed by atoms with E-state index in [1.54, 1.807) is 31.4 Å². The van der Waals surface area contributed by atoms with Gasteiger partial charge in [0.15, 0.2) is 5.70 Å². The molecule has 0 aromatic heterocycles. The van der Waals surface area contributed by atoms with Gasteiger partial charge in [-0.2, -0.15) is 0 Å². The van der Waals surface area contributed by atoms with Crippen LogP contribution in [0.15, 0.2) is 63.7 Å². The topological polar surface area (TPSA) is 47.9 Å². The molecule has 110 valence electrons. The molecular formula is C17H12BrNO3. The molecule has 0 spiro atoms. The lowest BCUT2D eigenvalue weighted by molar-refractivity contribution is -0.129. The predicted molar refractivity (Wildman–Crippen MR) is 87.7 cm³/mol. The normalized spacial score (nSPS) is 15.6. The molecule has 2 aromatic carbocycles. The van der Waals surface area contributed by atoms with Crippen molar-refractivity contribution in [1.29, 1.82) is 0 Å². The monoisotopic (exact) mass is 357 g/mol. The van der Waals surface area contributed by atoms with Gasteiger partial charge in [-0.15, -0.1) is 0 Å². The van der Waals surface area contributed by atoms with Gasteiger partial charge in [-0.1, -0.05) is 30.3 Å². The third-order valence-corrected chi connectivity index (χ3v) is 3.74. The molecule has 0 amide bonds. The standard InChI is InChI=1S/C17H12BrNO3/c1-21-15-8-7-12(10-13(15)18)16-19-14(17(20)22-16)9-11-5-3-2-4-6-11/h2-10H,1H3/b14-9-. The van der Waals surface area contributed by atoms with Crippen molar-refractivity contribution in [2.75, 3.05) is 7.11 Å².